The van der Waals surface area contributed by atoms with Crippen molar-refractivity contribution >= 4 is 11.8 Å². The highest BCUT2D eigenvalue weighted by Gasteiger charge is 2.33. The first-order valence-corrected chi connectivity index (χ1v) is 4.99. The molecule has 1 unspecified atom stereocenters. The van der Waals surface area contributed by atoms with Gasteiger partial charge in [0.2, 0.25) is 0 Å². The number of hydrogen-bond donors (Lipinski definition) is 2. The van der Waals surface area contributed by atoms with Crippen LogP contribution in [0.1, 0.15) is 12.5 Å². The van der Waals surface area contributed by atoms with Gasteiger partial charge in [-0.2, -0.15) is 0 Å². The second kappa shape index (κ2) is 3.92. The Kier molecular flexibility index (Phi) is 2.70. The van der Waals surface area contributed by atoms with E-state index in [9.17, 15) is 18.7 Å². The molecule has 2 heterocycles. The minimum absolute atomic E-state index is 0.00604. The van der Waals surface area contributed by atoms with E-state index in [2.05, 4.69) is 10.3 Å². The Labute approximate surface area is 96.1 Å². The fourth-order valence-corrected chi connectivity index (χ4v) is 1.57. The number of hydrogen-bond acceptors (Lipinski definition) is 3. The van der Waals surface area contributed by atoms with Crippen LogP contribution in [-0.2, 0) is 5.92 Å². The lowest BCUT2D eigenvalue weighted by Gasteiger charge is -2.19. The van der Waals surface area contributed by atoms with E-state index >= 15 is 0 Å². The number of amides is 2. The average Bonchev–Trinajstić information content (AvgIpc) is 2.57. The summed E-state index contributed by atoms with van der Waals surface area (Å²) in [7, 11) is 0. The summed E-state index contributed by atoms with van der Waals surface area (Å²) in [5.74, 6) is -3.01. The third kappa shape index (κ3) is 2.19. The lowest BCUT2D eigenvalue weighted by molar-refractivity contribution is 0.0174. The quantitative estimate of drug-likeness (QED) is 0.815. The van der Waals surface area contributed by atoms with E-state index in [1.54, 1.807) is 0 Å². The number of alkyl halides is 2. The van der Waals surface area contributed by atoms with Crippen LogP contribution >= 0.6 is 0 Å². The van der Waals surface area contributed by atoms with Crippen LogP contribution in [0, 0.1) is 0 Å². The van der Waals surface area contributed by atoms with Gasteiger partial charge in [0, 0.05) is 18.7 Å². The molecule has 5 nitrogen and oxygen atoms in total. The second-order valence-electron chi connectivity index (χ2n) is 3.83. The van der Waals surface area contributed by atoms with Crippen LogP contribution in [0.25, 0.3) is 0 Å². The number of aromatic nitrogens is 1. The predicted molar refractivity (Wildman–Crippen MR) is 55.7 cm³/mol. The van der Waals surface area contributed by atoms with Crippen LogP contribution in [0.2, 0.25) is 0 Å². The normalized spacial score (nSPS) is 20.6. The number of nitrogens with zero attached hydrogens (tertiary/aromatic N) is 2. The molecule has 1 saturated heterocycles. The lowest BCUT2D eigenvalue weighted by atomic mass is 10.1. The van der Waals surface area contributed by atoms with Gasteiger partial charge in [-0.3, -0.25) is 0 Å². The fraction of sp³-hybridized carbons (Fsp3) is 0.400. The predicted octanol–water partition coefficient (Wildman–Crippen LogP) is 1.04. The van der Waals surface area contributed by atoms with Gasteiger partial charge in [0.25, 0.3) is 5.92 Å². The van der Waals surface area contributed by atoms with E-state index in [4.69, 9.17) is 0 Å². The summed E-state index contributed by atoms with van der Waals surface area (Å²) in [5, 5.41) is 11.9. The van der Waals surface area contributed by atoms with E-state index in [-0.39, 0.29) is 17.9 Å². The molecule has 1 atom stereocenters. The molecule has 1 aromatic heterocycles. The first kappa shape index (κ1) is 11.7. The van der Waals surface area contributed by atoms with Crippen molar-refractivity contribution in [2.45, 2.75) is 19.1 Å². The van der Waals surface area contributed by atoms with Gasteiger partial charge < -0.3 is 10.4 Å². The molecule has 1 aliphatic rings. The maximum atomic E-state index is 13.1. The van der Waals surface area contributed by atoms with Gasteiger partial charge >= 0.3 is 6.03 Å². The SMILES string of the molecule is CC(F)(F)c1ccnc(N2C(=O)NCC2O)c1. The standard InChI is InChI=1S/C10H11F2N3O2/c1-10(11,12)6-2-3-13-7(4-6)15-8(16)5-14-9(15)17/h2-4,8,16H,5H2,1H3,(H,14,17). The number of carbonyl (C=O) groups is 1. The molecule has 0 bridgehead atoms. The van der Waals surface area contributed by atoms with Crippen molar-refractivity contribution in [1.29, 1.82) is 0 Å². The van der Waals surface area contributed by atoms with Crippen LogP contribution in [0.4, 0.5) is 19.4 Å². The average molecular weight is 243 g/mol. The maximum absolute atomic E-state index is 13.1. The number of halogens is 2. The Morgan fingerprint density at radius 2 is 2.35 bits per heavy atom. The third-order valence-corrected chi connectivity index (χ3v) is 2.45. The number of aliphatic hydroxyl groups is 1. The Morgan fingerprint density at radius 3 is 2.88 bits per heavy atom. The summed E-state index contributed by atoms with van der Waals surface area (Å²) in [6.45, 7) is 0.805. The Bertz CT molecular complexity index is 447. The van der Waals surface area contributed by atoms with Gasteiger partial charge in [0.1, 0.15) is 5.82 Å². The van der Waals surface area contributed by atoms with Crippen molar-refractivity contribution in [3.8, 4) is 0 Å². The molecule has 0 aliphatic carbocycles. The smallest absolute Gasteiger partial charge is 0.325 e. The Balaban J connectivity index is 2.37. The number of pyridine rings is 1. The molecular weight excluding hydrogens is 232 g/mol. The molecule has 92 valence electrons. The van der Waals surface area contributed by atoms with E-state index in [1.807, 2.05) is 0 Å². The molecule has 1 fully saturated rings. The van der Waals surface area contributed by atoms with Gasteiger partial charge in [0.05, 0.1) is 6.54 Å². The topological polar surface area (TPSA) is 65.5 Å². The molecule has 2 N–H and O–H groups in total. The molecule has 7 heteroatoms. The van der Waals surface area contributed by atoms with E-state index < -0.39 is 18.2 Å². The maximum Gasteiger partial charge on any atom is 0.325 e. The third-order valence-electron chi connectivity index (χ3n) is 2.45. The van der Waals surface area contributed by atoms with Gasteiger partial charge in [-0.25, -0.2) is 23.5 Å². The van der Waals surface area contributed by atoms with Crippen molar-refractivity contribution < 1.29 is 18.7 Å². The van der Waals surface area contributed by atoms with Crippen LogP contribution in [0.15, 0.2) is 18.3 Å². The summed E-state index contributed by atoms with van der Waals surface area (Å²) in [4.78, 5) is 16.1. The van der Waals surface area contributed by atoms with Gasteiger partial charge in [-0.15, -0.1) is 0 Å². The molecule has 0 saturated carbocycles. The second-order valence-corrected chi connectivity index (χ2v) is 3.83. The van der Waals surface area contributed by atoms with Crippen molar-refractivity contribution in [1.82, 2.24) is 10.3 Å². The van der Waals surface area contributed by atoms with Crippen molar-refractivity contribution in [3.05, 3.63) is 23.9 Å². The van der Waals surface area contributed by atoms with Crippen LogP contribution in [0.3, 0.4) is 0 Å². The highest BCUT2D eigenvalue weighted by atomic mass is 19.3. The van der Waals surface area contributed by atoms with Gasteiger partial charge in [-0.05, 0) is 12.1 Å². The molecule has 17 heavy (non-hydrogen) atoms. The van der Waals surface area contributed by atoms with Crippen LogP contribution in [-0.4, -0.2) is 28.9 Å². The first-order valence-electron chi connectivity index (χ1n) is 4.99. The largest absolute Gasteiger partial charge is 0.371 e. The number of carbonyl (C=O) groups excluding carboxylic acids is 1. The van der Waals surface area contributed by atoms with E-state index in [1.165, 1.54) is 12.3 Å². The monoisotopic (exact) mass is 243 g/mol. The van der Waals surface area contributed by atoms with E-state index in [0.29, 0.717) is 0 Å². The summed E-state index contributed by atoms with van der Waals surface area (Å²) in [6, 6.07) is 1.71. The summed E-state index contributed by atoms with van der Waals surface area (Å²) in [6.07, 6.45) is 0.0937. The fourth-order valence-electron chi connectivity index (χ4n) is 1.57. The van der Waals surface area contributed by atoms with Crippen molar-refractivity contribution in [2.75, 3.05) is 11.4 Å². The zero-order valence-electron chi connectivity index (χ0n) is 9.02. The van der Waals surface area contributed by atoms with Gasteiger partial charge in [0.15, 0.2) is 6.23 Å². The van der Waals surface area contributed by atoms with Crippen molar-refractivity contribution in [2.24, 2.45) is 0 Å². The zero-order chi connectivity index (χ0) is 12.6. The van der Waals surface area contributed by atoms with Crippen LogP contribution < -0.4 is 10.2 Å². The minimum atomic E-state index is -3.02. The first-order chi connectivity index (χ1) is 7.89. The number of β-amino-alcohol motifs (C(OH)–C–C–N with tert-alkyl or cyclic N) is 1. The zero-order valence-corrected chi connectivity index (χ0v) is 9.02. The van der Waals surface area contributed by atoms with E-state index in [0.717, 1.165) is 17.9 Å². The minimum Gasteiger partial charge on any atom is -0.371 e. The Morgan fingerprint density at radius 1 is 1.65 bits per heavy atom. The summed E-state index contributed by atoms with van der Waals surface area (Å²) < 4.78 is 26.2. The highest BCUT2D eigenvalue weighted by Crippen LogP contribution is 2.29. The number of anilines is 1. The lowest BCUT2D eigenvalue weighted by Crippen LogP contribution is -2.34. The molecular formula is C10H11F2N3O2. The number of rotatable bonds is 2. The molecule has 0 aromatic carbocycles. The van der Waals surface area contributed by atoms with Crippen molar-refractivity contribution in [3.63, 3.8) is 0 Å². The molecule has 2 rings (SSSR count). The number of nitrogens with one attached hydrogen (secondary N) is 1. The number of urea groups is 1. The molecule has 0 spiro atoms. The summed E-state index contributed by atoms with van der Waals surface area (Å²) >= 11 is 0. The molecule has 0 radical (unpaired) electrons. The van der Waals surface area contributed by atoms with Crippen LogP contribution in [0.5, 0.6) is 0 Å². The Hall–Kier alpha value is -1.76. The van der Waals surface area contributed by atoms with Gasteiger partial charge in [-0.1, -0.05) is 0 Å². The number of aliphatic hydroxyl groups excluding tert-OH is 1. The molecule has 2 amide bonds. The summed E-state index contributed by atoms with van der Waals surface area (Å²) in [5.41, 5.74) is -0.255. The highest BCUT2D eigenvalue weighted by molar-refractivity contribution is 5.93. The molecule has 1 aromatic rings. The molecule has 1 aliphatic heterocycles.